The molecule has 0 N–H and O–H groups in total. The van der Waals surface area contributed by atoms with Gasteiger partial charge in [-0.2, -0.15) is 0 Å². The summed E-state index contributed by atoms with van der Waals surface area (Å²) >= 11 is 0. The Morgan fingerprint density at radius 2 is 1.88 bits per heavy atom. The molecular formula is C16H26N. The molecule has 1 aromatic carbocycles. The molecule has 0 aliphatic rings. The zero-order valence-corrected chi connectivity index (χ0v) is 11.8. The highest BCUT2D eigenvalue weighted by Gasteiger charge is 2.06. The summed E-state index contributed by atoms with van der Waals surface area (Å²) in [5.41, 5.74) is 2.96. The van der Waals surface area contributed by atoms with Crippen molar-refractivity contribution in [1.29, 1.82) is 0 Å². The summed E-state index contributed by atoms with van der Waals surface area (Å²) in [5.74, 6) is 0.778. The van der Waals surface area contributed by atoms with E-state index in [2.05, 4.69) is 50.8 Å². The first-order valence-electron chi connectivity index (χ1n) is 6.87. The zero-order valence-electron chi connectivity index (χ0n) is 11.8. The highest BCUT2D eigenvalue weighted by molar-refractivity contribution is 5.26. The standard InChI is InChI=1S/C16H26N/c1-5-17(6-2)13-16-10-8-7-9-15(16)12-11-14(3)4/h7,9-10,14H,5-6,11-13H2,1-4H3. The molecule has 1 rings (SSSR count). The summed E-state index contributed by atoms with van der Waals surface area (Å²) in [6, 6.07) is 9.66. The molecule has 0 amide bonds. The molecule has 0 heterocycles. The van der Waals surface area contributed by atoms with E-state index in [0.717, 1.165) is 25.6 Å². The molecule has 0 saturated heterocycles. The molecule has 0 saturated carbocycles. The van der Waals surface area contributed by atoms with Gasteiger partial charge in [-0.05, 0) is 55.1 Å². The van der Waals surface area contributed by atoms with Crippen LogP contribution in [0.1, 0.15) is 45.2 Å². The summed E-state index contributed by atoms with van der Waals surface area (Å²) in [7, 11) is 0. The van der Waals surface area contributed by atoms with E-state index in [-0.39, 0.29) is 0 Å². The van der Waals surface area contributed by atoms with E-state index >= 15 is 0 Å². The van der Waals surface area contributed by atoms with Gasteiger partial charge < -0.3 is 0 Å². The van der Waals surface area contributed by atoms with E-state index < -0.39 is 0 Å². The Morgan fingerprint density at radius 1 is 1.18 bits per heavy atom. The third-order valence-corrected chi connectivity index (χ3v) is 3.33. The van der Waals surface area contributed by atoms with Gasteiger partial charge in [-0.15, -0.1) is 0 Å². The zero-order chi connectivity index (χ0) is 12.7. The van der Waals surface area contributed by atoms with Crippen LogP contribution in [0.15, 0.2) is 18.2 Å². The fraction of sp³-hybridized carbons (Fsp3) is 0.625. The predicted molar refractivity (Wildman–Crippen MR) is 75.1 cm³/mol. The van der Waals surface area contributed by atoms with Crippen molar-refractivity contribution in [2.45, 2.75) is 47.1 Å². The normalized spacial score (nSPS) is 11.4. The highest BCUT2D eigenvalue weighted by Crippen LogP contribution is 2.15. The molecule has 0 atom stereocenters. The number of rotatable bonds is 7. The van der Waals surface area contributed by atoms with E-state index in [0.29, 0.717) is 0 Å². The second-order valence-corrected chi connectivity index (χ2v) is 5.09. The summed E-state index contributed by atoms with van der Waals surface area (Å²) in [6.07, 6.45) is 2.47. The summed E-state index contributed by atoms with van der Waals surface area (Å²) in [5, 5.41) is 0. The molecule has 1 aromatic rings. The number of nitrogens with zero attached hydrogens (tertiary/aromatic N) is 1. The number of benzene rings is 1. The van der Waals surface area contributed by atoms with Crippen LogP contribution in [0.4, 0.5) is 0 Å². The molecular weight excluding hydrogens is 206 g/mol. The maximum Gasteiger partial charge on any atom is 0.0236 e. The Balaban J connectivity index is 2.69. The van der Waals surface area contributed by atoms with Gasteiger partial charge in [-0.1, -0.05) is 39.8 Å². The molecule has 95 valence electrons. The first-order chi connectivity index (χ1) is 8.17. The van der Waals surface area contributed by atoms with E-state index in [1.165, 1.54) is 24.0 Å². The molecule has 0 unspecified atom stereocenters. The first kappa shape index (κ1) is 14.2. The molecule has 0 bridgehead atoms. The quantitative estimate of drug-likeness (QED) is 0.689. The van der Waals surface area contributed by atoms with Crippen molar-refractivity contribution in [2.75, 3.05) is 13.1 Å². The lowest BCUT2D eigenvalue weighted by Crippen LogP contribution is -2.22. The van der Waals surface area contributed by atoms with Gasteiger partial charge in [0.05, 0.1) is 0 Å². The monoisotopic (exact) mass is 232 g/mol. The number of hydrogen-bond donors (Lipinski definition) is 0. The Labute approximate surface area is 107 Å². The first-order valence-corrected chi connectivity index (χ1v) is 6.87. The molecule has 0 spiro atoms. The van der Waals surface area contributed by atoms with Gasteiger partial charge >= 0.3 is 0 Å². The summed E-state index contributed by atoms with van der Waals surface area (Å²) < 4.78 is 0. The molecule has 0 fully saturated rings. The molecule has 0 aliphatic carbocycles. The van der Waals surface area contributed by atoms with Gasteiger partial charge in [-0.3, -0.25) is 4.90 Å². The van der Waals surface area contributed by atoms with E-state index in [1.807, 2.05) is 6.07 Å². The molecule has 0 aromatic heterocycles. The Morgan fingerprint density at radius 3 is 2.47 bits per heavy atom. The van der Waals surface area contributed by atoms with E-state index in [1.54, 1.807) is 0 Å². The largest absolute Gasteiger partial charge is 0.300 e. The fourth-order valence-corrected chi connectivity index (χ4v) is 2.02. The van der Waals surface area contributed by atoms with Gasteiger partial charge in [0.2, 0.25) is 0 Å². The average Bonchev–Trinajstić information content (AvgIpc) is 2.34. The maximum atomic E-state index is 3.22. The third-order valence-electron chi connectivity index (χ3n) is 3.33. The van der Waals surface area contributed by atoms with Crippen LogP contribution in [-0.2, 0) is 13.0 Å². The second-order valence-electron chi connectivity index (χ2n) is 5.09. The van der Waals surface area contributed by atoms with Crippen LogP contribution < -0.4 is 0 Å². The lowest BCUT2D eigenvalue weighted by atomic mass is 9.98. The molecule has 17 heavy (non-hydrogen) atoms. The minimum absolute atomic E-state index is 0.778. The molecule has 0 aliphatic heterocycles. The van der Waals surface area contributed by atoms with Crippen molar-refractivity contribution in [1.82, 2.24) is 4.90 Å². The van der Waals surface area contributed by atoms with Gasteiger partial charge in [0.1, 0.15) is 0 Å². The summed E-state index contributed by atoms with van der Waals surface area (Å²) in [6.45, 7) is 12.3. The number of hydrogen-bond acceptors (Lipinski definition) is 1. The van der Waals surface area contributed by atoms with Crippen molar-refractivity contribution in [3.8, 4) is 0 Å². The molecule has 1 nitrogen and oxygen atoms in total. The Kier molecular flexibility index (Phi) is 6.28. The fourth-order valence-electron chi connectivity index (χ4n) is 2.02. The Hall–Kier alpha value is -0.820. The van der Waals surface area contributed by atoms with E-state index in [9.17, 15) is 0 Å². The second kappa shape index (κ2) is 7.50. The average molecular weight is 232 g/mol. The van der Waals surface area contributed by atoms with Crippen LogP contribution in [0, 0.1) is 12.0 Å². The van der Waals surface area contributed by atoms with Crippen LogP contribution in [0.25, 0.3) is 0 Å². The van der Waals surface area contributed by atoms with Gasteiger partial charge in [0.15, 0.2) is 0 Å². The minimum atomic E-state index is 0.778. The van der Waals surface area contributed by atoms with Crippen molar-refractivity contribution in [3.05, 3.63) is 35.4 Å². The van der Waals surface area contributed by atoms with Crippen molar-refractivity contribution in [2.24, 2.45) is 5.92 Å². The highest BCUT2D eigenvalue weighted by atomic mass is 15.1. The lowest BCUT2D eigenvalue weighted by molar-refractivity contribution is 0.295. The van der Waals surface area contributed by atoms with Gasteiger partial charge in [0, 0.05) is 6.54 Å². The van der Waals surface area contributed by atoms with E-state index in [4.69, 9.17) is 0 Å². The van der Waals surface area contributed by atoms with Crippen LogP contribution in [0.2, 0.25) is 0 Å². The van der Waals surface area contributed by atoms with Crippen LogP contribution in [0.3, 0.4) is 0 Å². The number of aryl methyl sites for hydroxylation is 1. The smallest absolute Gasteiger partial charge is 0.0236 e. The minimum Gasteiger partial charge on any atom is -0.300 e. The topological polar surface area (TPSA) is 3.24 Å². The SMILES string of the molecule is CCN(CC)Cc1c[c]ccc1CCC(C)C. The van der Waals surface area contributed by atoms with Crippen molar-refractivity contribution in [3.63, 3.8) is 0 Å². The van der Waals surface area contributed by atoms with Crippen LogP contribution in [0.5, 0.6) is 0 Å². The van der Waals surface area contributed by atoms with Crippen LogP contribution >= 0.6 is 0 Å². The maximum absolute atomic E-state index is 3.22. The van der Waals surface area contributed by atoms with Gasteiger partial charge in [-0.25, -0.2) is 0 Å². The van der Waals surface area contributed by atoms with Crippen LogP contribution in [-0.4, -0.2) is 18.0 Å². The predicted octanol–water partition coefficient (Wildman–Crippen LogP) is 3.92. The van der Waals surface area contributed by atoms with Crippen molar-refractivity contribution >= 4 is 0 Å². The lowest BCUT2D eigenvalue weighted by Gasteiger charge is -2.20. The van der Waals surface area contributed by atoms with Gasteiger partial charge in [0.25, 0.3) is 0 Å². The summed E-state index contributed by atoms with van der Waals surface area (Å²) in [4.78, 5) is 2.46. The third kappa shape index (κ3) is 4.91. The Bertz CT molecular complexity index is 313. The molecule has 1 radical (unpaired) electrons. The van der Waals surface area contributed by atoms with Crippen molar-refractivity contribution < 1.29 is 0 Å². The molecule has 1 heteroatoms.